The highest BCUT2D eigenvalue weighted by Gasteiger charge is 2.78. The minimum Gasteiger partial charge on any atom is -0.455 e. The van der Waals surface area contributed by atoms with E-state index < -0.39 is 90.7 Å². The largest absolute Gasteiger partial charge is 0.509 e. The second kappa shape index (κ2) is 15.5. The minimum atomic E-state index is -2.55. The van der Waals surface area contributed by atoms with Crippen LogP contribution in [0, 0.1) is 16.7 Å². The number of ether oxygens (including phenoxy) is 5. The molecule has 2 aromatic rings. The molecule has 0 aromatic heterocycles. The second-order valence-corrected chi connectivity index (χ2v) is 21.4. The zero-order valence-electron chi connectivity index (χ0n) is 33.7. The summed E-state index contributed by atoms with van der Waals surface area (Å²) in [4.78, 5) is 57.2. The quantitative estimate of drug-likeness (QED) is 0.111. The van der Waals surface area contributed by atoms with Crippen LogP contribution in [0.25, 0.3) is 0 Å². The Labute approximate surface area is 330 Å². The highest BCUT2D eigenvalue weighted by Crippen LogP contribution is 2.65. The Kier molecular flexibility index (Phi) is 11.5. The van der Waals surface area contributed by atoms with Crippen LogP contribution in [0.4, 0.5) is 4.79 Å². The standard InChI is InChI=1S/C43H56O12Si/c1-9-56(10-2,11-3)55-31-22-32-42(25-51-32,54-27(5)44)35-37(53-38(47)29-20-16-13-17-21-29)43(49)23-30(45)26(4)33(40(43,6)7)34(36(46)41(31,35)8)52-39(48)50-24-28-18-14-12-15-19-28/h12-21,30-32,34-35,37,45,49H,9-11,22-25H2,1-8H3/t30-,31-,32+,34+,35?,37-,41+,42-,43+/m0/s1. The Morgan fingerprint density at radius 1 is 0.929 bits per heavy atom. The lowest BCUT2D eigenvalue weighted by atomic mass is 9.44. The van der Waals surface area contributed by atoms with Gasteiger partial charge in [0.25, 0.3) is 0 Å². The molecule has 1 aliphatic heterocycles. The lowest BCUT2D eigenvalue weighted by Crippen LogP contribution is -2.82. The Bertz CT molecular complexity index is 1830. The van der Waals surface area contributed by atoms with Crippen LogP contribution in [0.3, 0.4) is 0 Å². The van der Waals surface area contributed by atoms with Crippen molar-refractivity contribution in [2.24, 2.45) is 16.7 Å². The molecule has 0 amide bonds. The number of carbonyl (C=O) groups is 4. The molecule has 12 nitrogen and oxygen atoms in total. The SMILES string of the molecule is CC[Si](CC)(CC)O[C@H]1C[C@H]2OC[C@@]2(OC(C)=O)C2[C@H](OC(=O)c3ccccc3)[C@]3(O)C[C@H](O)C(C)=C([C@@H](OC(=O)OCc4ccccc4)C(=O)[C@@]21C)C3(C)C. The monoisotopic (exact) mass is 792 g/mol. The Hall–Kier alpha value is -3.88. The van der Waals surface area contributed by atoms with E-state index in [1.165, 1.54) is 6.92 Å². The van der Waals surface area contributed by atoms with Gasteiger partial charge in [0.15, 0.2) is 25.8 Å². The molecule has 56 heavy (non-hydrogen) atoms. The van der Waals surface area contributed by atoms with Crippen molar-refractivity contribution in [2.75, 3.05) is 6.61 Å². The van der Waals surface area contributed by atoms with Gasteiger partial charge in [-0.05, 0) is 60.8 Å². The number of fused-ring (bicyclic) bond motifs is 5. The summed E-state index contributed by atoms with van der Waals surface area (Å²) < 4.78 is 37.9. The normalized spacial score (nSPS) is 33.4. The van der Waals surface area contributed by atoms with E-state index in [1.807, 2.05) is 6.07 Å². The maximum atomic E-state index is 16.1. The smallest absolute Gasteiger partial charge is 0.455 e. The number of benzene rings is 2. The predicted octanol–water partition coefficient (Wildman–Crippen LogP) is 6.47. The van der Waals surface area contributed by atoms with Crippen LogP contribution in [0.15, 0.2) is 71.8 Å². The van der Waals surface area contributed by atoms with Crippen molar-refractivity contribution < 1.29 is 57.5 Å². The molecule has 9 atom stereocenters. The summed E-state index contributed by atoms with van der Waals surface area (Å²) in [5, 5.41) is 25.3. The number of esters is 2. The van der Waals surface area contributed by atoms with Crippen LogP contribution in [0.2, 0.25) is 18.1 Å². The van der Waals surface area contributed by atoms with Crippen LogP contribution in [-0.4, -0.2) is 90.7 Å². The van der Waals surface area contributed by atoms with Crippen molar-refractivity contribution in [3.63, 3.8) is 0 Å². The molecule has 2 bridgehead atoms. The number of carbonyl (C=O) groups excluding carboxylic acids is 4. The van der Waals surface area contributed by atoms with Crippen molar-refractivity contribution in [3.8, 4) is 0 Å². The van der Waals surface area contributed by atoms with Gasteiger partial charge in [0.05, 0.1) is 35.7 Å². The number of aliphatic hydroxyl groups is 2. The molecule has 2 N–H and O–H groups in total. The fraction of sp³-hybridized carbons (Fsp3) is 0.581. The molecule has 2 aromatic carbocycles. The van der Waals surface area contributed by atoms with Crippen LogP contribution in [0.1, 0.15) is 84.2 Å². The minimum absolute atomic E-state index is 0.133. The molecular formula is C43H56O12Si. The highest BCUT2D eigenvalue weighted by atomic mass is 28.4. The van der Waals surface area contributed by atoms with E-state index in [2.05, 4.69) is 20.8 Å². The van der Waals surface area contributed by atoms with Gasteiger partial charge >= 0.3 is 18.1 Å². The van der Waals surface area contributed by atoms with E-state index in [4.69, 9.17) is 28.1 Å². The van der Waals surface area contributed by atoms with E-state index in [1.54, 1.807) is 82.3 Å². The summed E-state index contributed by atoms with van der Waals surface area (Å²) >= 11 is 0. The molecule has 3 aliphatic carbocycles. The molecule has 3 fully saturated rings. The molecule has 304 valence electrons. The lowest BCUT2D eigenvalue weighted by Gasteiger charge is -2.68. The molecule has 1 unspecified atom stereocenters. The predicted molar refractivity (Wildman–Crippen MR) is 207 cm³/mol. The number of hydrogen-bond acceptors (Lipinski definition) is 12. The fourth-order valence-electron chi connectivity index (χ4n) is 10.0. The van der Waals surface area contributed by atoms with Crippen LogP contribution < -0.4 is 0 Å². The first-order chi connectivity index (χ1) is 26.4. The van der Waals surface area contributed by atoms with Crippen LogP contribution in [0.5, 0.6) is 0 Å². The molecule has 1 heterocycles. The van der Waals surface area contributed by atoms with Gasteiger partial charge in [0.2, 0.25) is 0 Å². The maximum Gasteiger partial charge on any atom is 0.509 e. The summed E-state index contributed by atoms with van der Waals surface area (Å²) in [6.45, 7) is 13.8. The number of hydrogen-bond donors (Lipinski definition) is 2. The van der Waals surface area contributed by atoms with Crippen molar-refractivity contribution in [1.82, 2.24) is 0 Å². The third kappa shape index (κ3) is 6.72. The number of aliphatic hydroxyl groups excluding tert-OH is 1. The number of Topliss-reactive ketones (excluding diaryl/α,β-unsaturated/α-hetero) is 1. The van der Waals surface area contributed by atoms with Crippen molar-refractivity contribution in [3.05, 3.63) is 82.9 Å². The molecule has 0 radical (unpaired) electrons. The van der Waals surface area contributed by atoms with E-state index in [-0.39, 0.29) is 37.2 Å². The average molecular weight is 793 g/mol. The summed E-state index contributed by atoms with van der Waals surface area (Å²) in [7, 11) is -2.55. The van der Waals surface area contributed by atoms with Crippen molar-refractivity contribution in [1.29, 1.82) is 0 Å². The number of rotatable bonds is 11. The van der Waals surface area contributed by atoms with Gasteiger partial charge in [-0.2, -0.15) is 0 Å². The summed E-state index contributed by atoms with van der Waals surface area (Å²) in [6.07, 6.45) is -7.66. The molecule has 1 saturated heterocycles. The van der Waals surface area contributed by atoms with E-state index >= 15 is 4.79 Å². The molecule has 0 spiro atoms. The third-order valence-corrected chi connectivity index (χ3v) is 18.3. The van der Waals surface area contributed by atoms with E-state index in [0.717, 1.165) is 18.1 Å². The van der Waals surface area contributed by atoms with Gasteiger partial charge in [0.1, 0.15) is 24.4 Å². The van der Waals surface area contributed by atoms with Crippen LogP contribution >= 0.6 is 0 Å². The molecule has 6 rings (SSSR count). The molecule has 4 aliphatic rings. The maximum absolute atomic E-state index is 16.1. The fourth-order valence-corrected chi connectivity index (χ4v) is 13.0. The second-order valence-electron chi connectivity index (χ2n) is 16.6. The first-order valence-corrected chi connectivity index (χ1v) is 22.3. The summed E-state index contributed by atoms with van der Waals surface area (Å²) in [5.41, 5.74) is -5.60. The Morgan fingerprint density at radius 2 is 1.54 bits per heavy atom. The Balaban J connectivity index is 1.61. The van der Waals surface area contributed by atoms with Gasteiger partial charge in [-0.1, -0.05) is 83.1 Å². The molecule has 2 saturated carbocycles. The lowest BCUT2D eigenvalue weighted by molar-refractivity contribution is -0.344. The van der Waals surface area contributed by atoms with Crippen molar-refractivity contribution >= 4 is 32.2 Å². The summed E-state index contributed by atoms with van der Waals surface area (Å²) in [5.74, 6) is -3.37. The van der Waals surface area contributed by atoms with E-state index in [9.17, 15) is 24.6 Å². The van der Waals surface area contributed by atoms with Gasteiger partial charge in [-0.3, -0.25) is 9.59 Å². The summed E-state index contributed by atoms with van der Waals surface area (Å²) in [6, 6.07) is 19.5. The van der Waals surface area contributed by atoms with Crippen LogP contribution in [-0.2, 0) is 44.3 Å². The first-order valence-electron chi connectivity index (χ1n) is 19.7. The van der Waals surface area contributed by atoms with Gasteiger partial charge in [-0.15, -0.1) is 0 Å². The molecule has 13 heteroatoms. The number of ketones is 1. The third-order valence-electron chi connectivity index (χ3n) is 13.6. The first kappa shape index (κ1) is 41.7. The van der Waals surface area contributed by atoms with Gasteiger partial charge in [-0.25, -0.2) is 9.59 Å². The average Bonchev–Trinajstić information content (AvgIpc) is 3.17. The van der Waals surface area contributed by atoms with Gasteiger partial charge in [0, 0.05) is 25.2 Å². The van der Waals surface area contributed by atoms with E-state index in [0.29, 0.717) is 11.1 Å². The highest BCUT2D eigenvalue weighted by molar-refractivity contribution is 6.73. The zero-order chi connectivity index (χ0) is 40.8. The van der Waals surface area contributed by atoms with Crippen molar-refractivity contribution in [2.45, 2.75) is 135 Å². The molecular weight excluding hydrogens is 737 g/mol. The Morgan fingerprint density at radius 3 is 2.09 bits per heavy atom. The zero-order valence-corrected chi connectivity index (χ0v) is 34.7. The van der Waals surface area contributed by atoms with Gasteiger partial charge < -0.3 is 38.3 Å². The topological polar surface area (TPSA) is 164 Å².